The Kier molecular flexibility index (Phi) is 5.19. The minimum Gasteiger partial charge on any atom is -0.373 e. The van der Waals surface area contributed by atoms with E-state index in [0.717, 1.165) is 26.2 Å². The minimum absolute atomic E-state index is 1.09. The first-order chi connectivity index (χ1) is 7.27. The van der Waals surface area contributed by atoms with Crippen molar-refractivity contribution in [2.75, 3.05) is 38.1 Å². The SMILES string of the molecule is CCN(CC)CCN(C)c1ccccc1. The van der Waals surface area contributed by atoms with E-state index in [2.05, 4.69) is 61.0 Å². The molecule has 0 radical (unpaired) electrons. The van der Waals surface area contributed by atoms with Crippen molar-refractivity contribution in [3.05, 3.63) is 30.3 Å². The van der Waals surface area contributed by atoms with Gasteiger partial charge in [0.25, 0.3) is 0 Å². The molecule has 0 spiro atoms. The maximum atomic E-state index is 2.44. The Hall–Kier alpha value is -1.02. The van der Waals surface area contributed by atoms with Crippen LogP contribution in [0.25, 0.3) is 0 Å². The van der Waals surface area contributed by atoms with E-state index in [-0.39, 0.29) is 0 Å². The Bertz CT molecular complexity index is 254. The van der Waals surface area contributed by atoms with Crippen LogP contribution in [-0.4, -0.2) is 38.1 Å². The quantitative estimate of drug-likeness (QED) is 0.705. The van der Waals surface area contributed by atoms with Gasteiger partial charge in [-0.15, -0.1) is 0 Å². The molecule has 0 atom stereocenters. The zero-order chi connectivity index (χ0) is 11.1. The molecule has 0 aromatic heterocycles. The summed E-state index contributed by atoms with van der Waals surface area (Å²) in [6, 6.07) is 10.5. The van der Waals surface area contributed by atoms with Crippen molar-refractivity contribution in [1.82, 2.24) is 4.90 Å². The van der Waals surface area contributed by atoms with Crippen molar-refractivity contribution in [2.45, 2.75) is 13.8 Å². The highest BCUT2D eigenvalue weighted by atomic mass is 15.2. The van der Waals surface area contributed by atoms with Crippen LogP contribution < -0.4 is 4.90 Å². The lowest BCUT2D eigenvalue weighted by molar-refractivity contribution is 0.311. The second kappa shape index (κ2) is 6.46. The monoisotopic (exact) mass is 206 g/mol. The van der Waals surface area contributed by atoms with Crippen LogP contribution in [0.5, 0.6) is 0 Å². The molecule has 0 aliphatic heterocycles. The van der Waals surface area contributed by atoms with Gasteiger partial charge in [-0.1, -0.05) is 32.0 Å². The van der Waals surface area contributed by atoms with Crippen molar-refractivity contribution in [3.63, 3.8) is 0 Å². The Morgan fingerprint density at radius 3 is 2.07 bits per heavy atom. The Morgan fingerprint density at radius 2 is 1.53 bits per heavy atom. The number of anilines is 1. The molecule has 0 aliphatic rings. The maximum absolute atomic E-state index is 2.44. The molecule has 84 valence electrons. The highest BCUT2D eigenvalue weighted by Crippen LogP contribution is 2.10. The fourth-order valence-corrected chi connectivity index (χ4v) is 1.64. The zero-order valence-electron chi connectivity index (χ0n) is 10.1. The molecule has 0 saturated carbocycles. The van der Waals surface area contributed by atoms with Crippen molar-refractivity contribution in [2.24, 2.45) is 0 Å². The summed E-state index contributed by atoms with van der Waals surface area (Å²) in [5, 5.41) is 0. The summed E-state index contributed by atoms with van der Waals surface area (Å²) in [7, 11) is 2.15. The number of benzene rings is 1. The summed E-state index contributed by atoms with van der Waals surface area (Å²) in [6.45, 7) is 8.93. The maximum Gasteiger partial charge on any atom is 0.0364 e. The van der Waals surface area contributed by atoms with Crippen LogP contribution in [0.1, 0.15) is 13.8 Å². The molecule has 0 amide bonds. The highest BCUT2D eigenvalue weighted by Gasteiger charge is 2.02. The van der Waals surface area contributed by atoms with Gasteiger partial charge >= 0.3 is 0 Å². The fraction of sp³-hybridized carbons (Fsp3) is 0.538. The molecule has 0 saturated heterocycles. The molecule has 0 aliphatic carbocycles. The summed E-state index contributed by atoms with van der Waals surface area (Å²) in [6.07, 6.45) is 0. The number of hydrogen-bond acceptors (Lipinski definition) is 2. The number of likely N-dealkylation sites (N-methyl/N-ethyl adjacent to an activating group) is 2. The van der Waals surface area contributed by atoms with Gasteiger partial charge in [0.1, 0.15) is 0 Å². The molecule has 0 heterocycles. The molecular formula is C13H22N2. The lowest BCUT2D eigenvalue weighted by atomic mass is 10.3. The molecule has 2 heteroatoms. The van der Waals surface area contributed by atoms with E-state index in [0.29, 0.717) is 0 Å². The predicted molar refractivity (Wildman–Crippen MR) is 67.5 cm³/mol. The van der Waals surface area contributed by atoms with Gasteiger partial charge < -0.3 is 9.80 Å². The van der Waals surface area contributed by atoms with E-state index in [4.69, 9.17) is 0 Å². The van der Waals surface area contributed by atoms with Gasteiger partial charge in [-0.2, -0.15) is 0 Å². The van der Waals surface area contributed by atoms with Gasteiger partial charge in [0.15, 0.2) is 0 Å². The first-order valence-electron chi connectivity index (χ1n) is 5.76. The van der Waals surface area contributed by atoms with Gasteiger partial charge in [-0.05, 0) is 25.2 Å². The lowest BCUT2D eigenvalue weighted by Crippen LogP contribution is -2.33. The zero-order valence-corrected chi connectivity index (χ0v) is 10.1. The number of rotatable bonds is 6. The topological polar surface area (TPSA) is 6.48 Å². The van der Waals surface area contributed by atoms with E-state index in [1.165, 1.54) is 5.69 Å². The molecule has 15 heavy (non-hydrogen) atoms. The number of para-hydroxylation sites is 1. The fourth-order valence-electron chi connectivity index (χ4n) is 1.64. The third-order valence-electron chi connectivity index (χ3n) is 2.84. The molecule has 1 aromatic rings. The standard InChI is InChI=1S/C13H22N2/c1-4-15(5-2)12-11-14(3)13-9-7-6-8-10-13/h6-10H,4-5,11-12H2,1-3H3. The second-order valence-electron chi connectivity index (χ2n) is 3.78. The summed E-state index contributed by atoms with van der Waals surface area (Å²) in [5.41, 5.74) is 1.30. The largest absolute Gasteiger partial charge is 0.373 e. The highest BCUT2D eigenvalue weighted by molar-refractivity contribution is 5.44. The smallest absolute Gasteiger partial charge is 0.0364 e. The summed E-state index contributed by atoms with van der Waals surface area (Å²) < 4.78 is 0. The van der Waals surface area contributed by atoms with Crippen molar-refractivity contribution >= 4 is 5.69 Å². The summed E-state index contributed by atoms with van der Waals surface area (Å²) in [4.78, 5) is 4.75. The van der Waals surface area contributed by atoms with Crippen LogP contribution in [0.4, 0.5) is 5.69 Å². The van der Waals surface area contributed by atoms with Gasteiger partial charge in [-0.25, -0.2) is 0 Å². The number of nitrogens with zero attached hydrogens (tertiary/aromatic N) is 2. The Balaban J connectivity index is 2.39. The summed E-state index contributed by atoms with van der Waals surface area (Å²) >= 11 is 0. The average Bonchev–Trinajstić information content (AvgIpc) is 2.31. The van der Waals surface area contributed by atoms with Crippen LogP contribution in [-0.2, 0) is 0 Å². The predicted octanol–water partition coefficient (Wildman–Crippen LogP) is 2.46. The van der Waals surface area contributed by atoms with Crippen LogP contribution in [0.3, 0.4) is 0 Å². The van der Waals surface area contributed by atoms with Crippen LogP contribution in [0, 0.1) is 0 Å². The van der Waals surface area contributed by atoms with Gasteiger partial charge in [0.2, 0.25) is 0 Å². The Labute approximate surface area is 93.5 Å². The number of hydrogen-bond donors (Lipinski definition) is 0. The molecule has 0 fully saturated rings. The minimum atomic E-state index is 1.09. The molecule has 2 nitrogen and oxygen atoms in total. The van der Waals surface area contributed by atoms with Gasteiger partial charge in [-0.3, -0.25) is 0 Å². The Morgan fingerprint density at radius 1 is 0.933 bits per heavy atom. The average molecular weight is 206 g/mol. The molecule has 0 unspecified atom stereocenters. The second-order valence-corrected chi connectivity index (χ2v) is 3.78. The van der Waals surface area contributed by atoms with Gasteiger partial charge in [0.05, 0.1) is 0 Å². The molecule has 0 N–H and O–H groups in total. The van der Waals surface area contributed by atoms with Crippen molar-refractivity contribution in [3.8, 4) is 0 Å². The summed E-state index contributed by atoms with van der Waals surface area (Å²) in [5.74, 6) is 0. The van der Waals surface area contributed by atoms with E-state index in [9.17, 15) is 0 Å². The molecular weight excluding hydrogens is 184 g/mol. The molecule has 0 bridgehead atoms. The van der Waals surface area contributed by atoms with Crippen LogP contribution >= 0.6 is 0 Å². The van der Waals surface area contributed by atoms with E-state index >= 15 is 0 Å². The third-order valence-corrected chi connectivity index (χ3v) is 2.84. The van der Waals surface area contributed by atoms with E-state index in [1.54, 1.807) is 0 Å². The molecule has 1 rings (SSSR count). The lowest BCUT2D eigenvalue weighted by Gasteiger charge is -2.24. The normalized spacial score (nSPS) is 10.7. The molecule has 1 aromatic carbocycles. The van der Waals surface area contributed by atoms with E-state index < -0.39 is 0 Å². The van der Waals surface area contributed by atoms with Gasteiger partial charge in [0, 0.05) is 25.8 Å². The van der Waals surface area contributed by atoms with Crippen molar-refractivity contribution in [1.29, 1.82) is 0 Å². The first-order valence-corrected chi connectivity index (χ1v) is 5.76. The van der Waals surface area contributed by atoms with E-state index in [1.807, 2.05) is 0 Å². The first kappa shape index (κ1) is 12.1. The third kappa shape index (κ3) is 3.92. The van der Waals surface area contributed by atoms with Crippen LogP contribution in [0.15, 0.2) is 30.3 Å². The van der Waals surface area contributed by atoms with Crippen molar-refractivity contribution < 1.29 is 0 Å². The van der Waals surface area contributed by atoms with Crippen LogP contribution in [0.2, 0.25) is 0 Å².